The second-order valence-corrected chi connectivity index (χ2v) is 6.70. The number of H-pyrrole nitrogens is 1. The summed E-state index contributed by atoms with van der Waals surface area (Å²) in [6.07, 6.45) is 5.67. The lowest BCUT2D eigenvalue weighted by Gasteiger charge is -2.13. The van der Waals surface area contributed by atoms with Crippen LogP contribution in [0.25, 0.3) is 22.6 Å². The Morgan fingerprint density at radius 1 is 1.00 bits per heavy atom. The predicted molar refractivity (Wildman–Crippen MR) is 120 cm³/mol. The number of esters is 1. The third kappa shape index (κ3) is 6.31. The smallest absolute Gasteiger partial charge is 0.314 e. The Labute approximate surface area is 174 Å². The summed E-state index contributed by atoms with van der Waals surface area (Å²) in [5.41, 5.74) is 2.98. The van der Waals surface area contributed by atoms with Crippen molar-refractivity contribution in [2.75, 3.05) is 0 Å². The van der Waals surface area contributed by atoms with E-state index in [-0.39, 0.29) is 11.9 Å². The van der Waals surface area contributed by atoms with Crippen molar-refractivity contribution in [1.29, 1.82) is 0 Å². The molecule has 2 aromatic carbocycles. The van der Waals surface area contributed by atoms with Gasteiger partial charge in [-0.25, -0.2) is 4.98 Å². The summed E-state index contributed by atoms with van der Waals surface area (Å²) in [7, 11) is 0. The van der Waals surface area contributed by atoms with Gasteiger partial charge in [-0.1, -0.05) is 70.9 Å². The first kappa shape index (κ1) is 22.4. The van der Waals surface area contributed by atoms with Gasteiger partial charge in [-0.2, -0.15) is 0 Å². The van der Waals surface area contributed by atoms with Gasteiger partial charge in [0.15, 0.2) is 0 Å². The molecule has 0 bridgehead atoms. The molecular weight excluding hydrogens is 360 g/mol. The molecule has 4 heteroatoms. The Balaban J connectivity index is 0.00000145. The molecule has 1 N–H and O–H groups in total. The summed E-state index contributed by atoms with van der Waals surface area (Å²) < 4.78 is 5.57. The van der Waals surface area contributed by atoms with Gasteiger partial charge in [-0.15, -0.1) is 0 Å². The van der Waals surface area contributed by atoms with Crippen LogP contribution in [0.3, 0.4) is 0 Å². The molecule has 4 nitrogen and oxygen atoms in total. The molecule has 0 aliphatic rings. The molecule has 0 fully saturated rings. The van der Waals surface area contributed by atoms with Crippen LogP contribution in [0.15, 0.2) is 60.8 Å². The molecule has 0 saturated heterocycles. The summed E-state index contributed by atoms with van der Waals surface area (Å²) in [4.78, 5) is 20.1. The van der Waals surface area contributed by atoms with Crippen LogP contribution < -0.4 is 4.74 Å². The van der Waals surface area contributed by atoms with Crippen molar-refractivity contribution in [2.24, 2.45) is 5.92 Å². The van der Waals surface area contributed by atoms with Crippen LogP contribution in [0.2, 0.25) is 0 Å². The normalized spacial score (nSPS) is 11.3. The lowest BCUT2D eigenvalue weighted by Crippen LogP contribution is -2.19. The number of hydrogen-bond donors (Lipinski definition) is 1. The highest BCUT2D eigenvalue weighted by Gasteiger charge is 2.18. The number of carbonyl (C=O) groups is 1. The fourth-order valence-corrected chi connectivity index (χ4v) is 3.05. The Bertz CT molecular complexity index is 854. The van der Waals surface area contributed by atoms with E-state index in [1.165, 1.54) is 0 Å². The predicted octanol–water partition coefficient (Wildman–Crippen LogP) is 6.89. The van der Waals surface area contributed by atoms with Crippen LogP contribution >= 0.6 is 0 Å². The van der Waals surface area contributed by atoms with Gasteiger partial charge in [-0.3, -0.25) is 4.79 Å². The SMILES string of the molecule is CC.CCCCC(CC)C(=O)Oc1ccc(-c2cnc(-c3ccccc3)[nH]2)cc1. The van der Waals surface area contributed by atoms with Crippen LogP contribution in [0.1, 0.15) is 53.4 Å². The molecule has 0 aliphatic carbocycles. The maximum absolute atomic E-state index is 12.3. The summed E-state index contributed by atoms with van der Waals surface area (Å²) in [5.74, 6) is 1.27. The molecule has 0 aliphatic heterocycles. The molecular formula is C25H32N2O2. The van der Waals surface area contributed by atoms with Crippen molar-refractivity contribution in [2.45, 2.75) is 53.4 Å². The zero-order valence-corrected chi connectivity index (χ0v) is 17.9. The van der Waals surface area contributed by atoms with Gasteiger partial charge >= 0.3 is 5.97 Å². The van der Waals surface area contributed by atoms with Gasteiger partial charge in [0, 0.05) is 5.56 Å². The van der Waals surface area contributed by atoms with Gasteiger partial charge < -0.3 is 9.72 Å². The fraction of sp³-hybridized carbons (Fsp3) is 0.360. The number of aromatic nitrogens is 2. The molecule has 29 heavy (non-hydrogen) atoms. The van der Waals surface area contributed by atoms with Crippen LogP contribution in [-0.2, 0) is 4.79 Å². The van der Waals surface area contributed by atoms with E-state index in [0.717, 1.165) is 48.3 Å². The topological polar surface area (TPSA) is 55.0 Å². The molecule has 0 saturated carbocycles. The van der Waals surface area contributed by atoms with Gasteiger partial charge in [-0.05, 0) is 42.7 Å². The third-order valence-electron chi connectivity index (χ3n) is 4.74. The molecule has 1 atom stereocenters. The van der Waals surface area contributed by atoms with E-state index < -0.39 is 0 Å². The highest BCUT2D eigenvalue weighted by atomic mass is 16.5. The Morgan fingerprint density at radius 2 is 1.69 bits per heavy atom. The number of rotatable bonds is 8. The second kappa shape index (κ2) is 11.8. The number of unbranched alkanes of at least 4 members (excludes halogenated alkanes) is 1. The first-order chi connectivity index (χ1) is 14.2. The largest absolute Gasteiger partial charge is 0.426 e. The average Bonchev–Trinajstić information content (AvgIpc) is 3.27. The van der Waals surface area contributed by atoms with E-state index >= 15 is 0 Å². The Kier molecular flexibility index (Phi) is 9.16. The van der Waals surface area contributed by atoms with Crippen molar-refractivity contribution in [1.82, 2.24) is 9.97 Å². The molecule has 1 unspecified atom stereocenters. The van der Waals surface area contributed by atoms with Crippen molar-refractivity contribution in [3.8, 4) is 28.4 Å². The van der Waals surface area contributed by atoms with E-state index in [0.29, 0.717) is 5.75 Å². The summed E-state index contributed by atoms with van der Waals surface area (Å²) in [5, 5.41) is 0. The quantitative estimate of drug-likeness (QED) is 0.335. The van der Waals surface area contributed by atoms with E-state index in [1.807, 2.05) is 81.6 Å². The van der Waals surface area contributed by atoms with Crippen molar-refractivity contribution >= 4 is 5.97 Å². The number of ether oxygens (including phenoxy) is 1. The molecule has 0 radical (unpaired) electrons. The minimum absolute atomic E-state index is 0.0225. The zero-order valence-electron chi connectivity index (χ0n) is 17.9. The molecule has 3 aromatic rings. The van der Waals surface area contributed by atoms with E-state index in [4.69, 9.17) is 4.74 Å². The minimum Gasteiger partial charge on any atom is -0.426 e. The first-order valence-electron chi connectivity index (χ1n) is 10.6. The number of nitrogens with zero attached hydrogens (tertiary/aromatic N) is 1. The maximum atomic E-state index is 12.3. The van der Waals surface area contributed by atoms with E-state index in [2.05, 4.69) is 16.9 Å². The fourth-order valence-electron chi connectivity index (χ4n) is 3.05. The van der Waals surface area contributed by atoms with Crippen molar-refractivity contribution < 1.29 is 9.53 Å². The number of benzene rings is 2. The molecule has 1 aromatic heterocycles. The lowest BCUT2D eigenvalue weighted by molar-refractivity contribution is -0.139. The number of nitrogens with one attached hydrogen (secondary N) is 1. The third-order valence-corrected chi connectivity index (χ3v) is 4.74. The van der Waals surface area contributed by atoms with Gasteiger partial charge in [0.05, 0.1) is 17.8 Å². The summed E-state index contributed by atoms with van der Waals surface area (Å²) >= 11 is 0. The van der Waals surface area contributed by atoms with Crippen LogP contribution in [0, 0.1) is 5.92 Å². The molecule has 0 amide bonds. The molecule has 1 heterocycles. The Morgan fingerprint density at radius 3 is 2.31 bits per heavy atom. The summed E-state index contributed by atoms with van der Waals surface area (Å²) in [6, 6.07) is 17.6. The van der Waals surface area contributed by atoms with Gasteiger partial charge in [0.25, 0.3) is 0 Å². The van der Waals surface area contributed by atoms with Crippen LogP contribution in [0.4, 0.5) is 0 Å². The summed E-state index contributed by atoms with van der Waals surface area (Å²) in [6.45, 7) is 8.17. The number of imidazole rings is 1. The molecule has 154 valence electrons. The maximum Gasteiger partial charge on any atom is 0.314 e. The van der Waals surface area contributed by atoms with E-state index in [9.17, 15) is 4.79 Å². The number of aromatic amines is 1. The van der Waals surface area contributed by atoms with Gasteiger partial charge in [0.2, 0.25) is 0 Å². The second-order valence-electron chi connectivity index (χ2n) is 6.70. The highest BCUT2D eigenvalue weighted by Crippen LogP contribution is 2.25. The van der Waals surface area contributed by atoms with Gasteiger partial charge in [0.1, 0.15) is 11.6 Å². The van der Waals surface area contributed by atoms with Crippen molar-refractivity contribution in [3.05, 3.63) is 60.8 Å². The highest BCUT2D eigenvalue weighted by molar-refractivity contribution is 5.75. The lowest BCUT2D eigenvalue weighted by atomic mass is 10.00. The monoisotopic (exact) mass is 392 g/mol. The Hall–Kier alpha value is -2.88. The average molecular weight is 393 g/mol. The molecule has 3 rings (SSSR count). The van der Waals surface area contributed by atoms with Crippen molar-refractivity contribution in [3.63, 3.8) is 0 Å². The zero-order chi connectivity index (χ0) is 21.1. The number of carbonyl (C=O) groups excluding carboxylic acids is 1. The van der Waals surface area contributed by atoms with Crippen LogP contribution in [-0.4, -0.2) is 15.9 Å². The number of hydrogen-bond acceptors (Lipinski definition) is 3. The van der Waals surface area contributed by atoms with Crippen LogP contribution in [0.5, 0.6) is 5.75 Å². The molecule has 0 spiro atoms. The van der Waals surface area contributed by atoms with E-state index in [1.54, 1.807) is 0 Å². The standard InChI is InChI=1S/C23H26N2O2.C2H6/c1-3-5-9-17(4-2)23(26)27-20-14-12-18(13-15-20)21-16-24-22(25-21)19-10-7-6-8-11-19;1-2/h6-8,10-17H,3-5,9H2,1-2H3,(H,24,25);1-2H3. The minimum atomic E-state index is -0.133. The first-order valence-corrected chi connectivity index (χ1v) is 10.6.